The Morgan fingerprint density at radius 2 is 1.93 bits per heavy atom. The van der Waals surface area contributed by atoms with E-state index in [0.29, 0.717) is 11.1 Å². The number of imide groups is 1. The minimum Gasteiger partial charge on any atom is -0.453 e. The quantitative estimate of drug-likeness (QED) is 0.741. The Morgan fingerprint density at radius 1 is 1.33 bits per heavy atom. The molecule has 0 heterocycles. The third-order valence-corrected chi connectivity index (χ3v) is 1.68. The van der Waals surface area contributed by atoms with Gasteiger partial charge in [0.25, 0.3) is 5.91 Å². The summed E-state index contributed by atoms with van der Waals surface area (Å²) in [6.07, 6.45) is -0.815. The predicted octanol–water partition coefficient (Wildman–Crippen LogP) is 1.05. The Hall–Kier alpha value is -2.35. The number of benzene rings is 1. The molecule has 0 unspecified atom stereocenters. The van der Waals surface area contributed by atoms with Gasteiger partial charge in [0.1, 0.15) is 0 Å². The second-order valence-electron chi connectivity index (χ2n) is 2.63. The van der Waals surface area contributed by atoms with Crippen molar-refractivity contribution in [1.82, 2.24) is 5.32 Å². The minimum absolute atomic E-state index is 0.291. The molecule has 5 heteroatoms. The van der Waals surface area contributed by atoms with Gasteiger partial charge >= 0.3 is 6.09 Å². The van der Waals surface area contributed by atoms with Gasteiger partial charge in [-0.15, -0.1) is 0 Å². The molecule has 2 amide bonds. The molecular formula is C10H8N2O3. The molecule has 0 atom stereocenters. The molecule has 1 N–H and O–H groups in total. The molecule has 0 saturated carbocycles. The number of nitriles is 1. The lowest BCUT2D eigenvalue weighted by Gasteiger charge is -2.01. The van der Waals surface area contributed by atoms with Gasteiger partial charge in [0.15, 0.2) is 0 Å². The molecule has 1 aromatic rings. The van der Waals surface area contributed by atoms with Crippen molar-refractivity contribution in [2.45, 2.75) is 0 Å². The third-order valence-electron chi connectivity index (χ3n) is 1.68. The first-order valence-electron chi connectivity index (χ1n) is 4.07. The summed E-state index contributed by atoms with van der Waals surface area (Å²) in [6.45, 7) is 0. The zero-order chi connectivity index (χ0) is 11.3. The molecule has 1 rings (SSSR count). The van der Waals surface area contributed by atoms with Crippen molar-refractivity contribution in [1.29, 1.82) is 5.26 Å². The van der Waals surface area contributed by atoms with E-state index >= 15 is 0 Å². The zero-order valence-corrected chi connectivity index (χ0v) is 7.98. The van der Waals surface area contributed by atoms with Crippen molar-refractivity contribution in [3.8, 4) is 6.07 Å². The zero-order valence-electron chi connectivity index (χ0n) is 7.98. The van der Waals surface area contributed by atoms with Crippen LogP contribution in [-0.4, -0.2) is 19.1 Å². The van der Waals surface area contributed by atoms with Crippen LogP contribution in [0, 0.1) is 11.3 Å². The standard InChI is InChI=1S/C10H8N2O3/c1-15-10(14)12-9(13)8-4-2-7(6-11)3-5-8/h2-5H,1H3,(H,12,13,14). The van der Waals surface area contributed by atoms with E-state index < -0.39 is 12.0 Å². The number of carbonyl (C=O) groups is 2. The number of rotatable bonds is 1. The molecule has 76 valence electrons. The molecule has 0 aliphatic rings. The SMILES string of the molecule is COC(=O)NC(=O)c1ccc(C#N)cc1. The summed E-state index contributed by atoms with van der Waals surface area (Å²) >= 11 is 0. The van der Waals surface area contributed by atoms with Gasteiger partial charge in [-0.25, -0.2) is 4.79 Å². The summed E-state index contributed by atoms with van der Waals surface area (Å²) in [5, 5.41) is 10.5. The maximum absolute atomic E-state index is 11.3. The Labute approximate surface area is 86.3 Å². The lowest BCUT2D eigenvalue weighted by molar-refractivity contribution is 0.0937. The topological polar surface area (TPSA) is 79.2 Å². The summed E-state index contributed by atoms with van der Waals surface area (Å²) in [5.41, 5.74) is 0.740. The number of amides is 2. The largest absolute Gasteiger partial charge is 0.453 e. The van der Waals surface area contributed by atoms with Gasteiger partial charge in [-0.1, -0.05) is 0 Å². The number of methoxy groups -OCH3 is 1. The van der Waals surface area contributed by atoms with E-state index in [0.717, 1.165) is 0 Å². The van der Waals surface area contributed by atoms with Crippen molar-refractivity contribution in [2.24, 2.45) is 0 Å². The van der Waals surface area contributed by atoms with Crippen LogP contribution in [0.2, 0.25) is 0 Å². The highest BCUT2D eigenvalue weighted by Gasteiger charge is 2.09. The third kappa shape index (κ3) is 2.81. The fraction of sp³-hybridized carbons (Fsp3) is 0.100. The average molecular weight is 204 g/mol. The summed E-state index contributed by atoms with van der Waals surface area (Å²) in [7, 11) is 1.17. The summed E-state index contributed by atoms with van der Waals surface area (Å²) < 4.78 is 4.26. The molecule has 1 aromatic carbocycles. The molecule has 5 nitrogen and oxygen atoms in total. The first-order chi connectivity index (χ1) is 7.17. The van der Waals surface area contributed by atoms with Crippen molar-refractivity contribution in [3.63, 3.8) is 0 Å². The Morgan fingerprint density at radius 3 is 2.40 bits per heavy atom. The monoisotopic (exact) mass is 204 g/mol. The van der Waals surface area contributed by atoms with Gasteiger partial charge in [0.2, 0.25) is 0 Å². The molecule has 0 aliphatic carbocycles. The molecule has 0 spiro atoms. The number of alkyl carbamates (subject to hydrolysis) is 1. The van der Waals surface area contributed by atoms with Gasteiger partial charge in [-0.05, 0) is 24.3 Å². The van der Waals surface area contributed by atoms with Gasteiger partial charge in [0.05, 0.1) is 18.7 Å². The average Bonchev–Trinajstić information content (AvgIpc) is 2.29. The second-order valence-corrected chi connectivity index (χ2v) is 2.63. The number of nitrogens with one attached hydrogen (secondary N) is 1. The van der Waals surface area contributed by atoms with Crippen LogP contribution >= 0.6 is 0 Å². The van der Waals surface area contributed by atoms with Crippen molar-refractivity contribution in [3.05, 3.63) is 35.4 Å². The summed E-state index contributed by atoms with van der Waals surface area (Å²) in [5.74, 6) is -0.564. The van der Waals surface area contributed by atoms with Crippen LogP contribution in [0.25, 0.3) is 0 Å². The van der Waals surface area contributed by atoms with E-state index in [9.17, 15) is 9.59 Å². The second kappa shape index (κ2) is 4.77. The maximum Gasteiger partial charge on any atom is 0.413 e. The van der Waals surface area contributed by atoms with E-state index in [4.69, 9.17) is 5.26 Å². The van der Waals surface area contributed by atoms with Crippen LogP contribution in [-0.2, 0) is 4.74 Å². The lowest BCUT2D eigenvalue weighted by atomic mass is 10.1. The van der Waals surface area contributed by atoms with E-state index in [2.05, 4.69) is 4.74 Å². The predicted molar refractivity (Wildman–Crippen MR) is 51.0 cm³/mol. The fourth-order valence-electron chi connectivity index (χ4n) is 0.912. The maximum atomic E-state index is 11.3. The van der Waals surface area contributed by atoms with Crippen LogP contribution in [0.4, 0.5) is 4.79 Å². The van der Waals surface area contributed by atoms with Crippen LogP contribution in [0.15, 0.2) is 24.3 Å². The van der Waals surface area contributed by atoms with Crippen molar-refractivity contribution < 1.29 is 14.3 Å². The molecule has 15 heavy (non-hydrogen) atoms. The van der Waals surface area contributed by atoms with E-state index in [1.807, 2.05) is 11.4 Å². The van der Waals surface area contributed by atoms with Crippen LogP contribution in [0.5, 0.6) is 0 Å². The Kier molecular flexibility index (Phi) is 3.41. The van der Waals surface area contributed by atoms with Crippen LogP contribution in [0.1, 0.15) is 15.9 Å². The van der Waals surface area contributed by atoms with Crippen LogP contribution < -0.4 is 5.32 Å². The first-order valence-corrected chi connectivity index (χ1v) is 4.07. The summed E-state index contributed by atoms with van der Waals surface area (Å²) in [6, 6.07) is 7.82. The normalized spacial score (nSPS) is 8.80. The van der Waals surface area contributed by atoms with E-state index in [1.165, 1.54) is 31.4 Å². The molecule has 0 radical (unpaired) electrons. The van der Waals surface area contributed by atoms with Gasteiger partial charge in [-0.2, -0.15) is 5.26 Å². The number of carbonyl (C=O) groups excluding carboxylic acids is 2. The molecule has 0 fully saturated rings. The summed E-state index contributed by atoms with van der Waals surface area (Å²) in [4.78, 5) is 22.0. The number of ether oxygens (including phenoxy) is 1. The first kappa shape index (κ1) is 10.7. The van der Waals surface area contributed by atoms with Crippen LogP contribution in [0.3, 0.4) is 0 Å². The van der Waals surface area contributed by atoms with Gasteiger partial charge in [0, 0.05) is 5.56 Å². The van der Waals surface area contributed by atoms with Crippen molar-refractivity contribution in [2.75, 3.05) is 7.11 Å². The molecular weight excluding hydrogens is 196 g/mol. The Bertz CT molecular complexity index is 417. The van der Waals surface area contributed by atoms with E-state index in [1.54, 1.807) is 0 Å². The molecule has 0 bridgehead atoms. The van der Waals surface area contributed by atoms with Gasteiger partial charge < -0.3 is 4.74 Å². The fourth-order valence-corrected chi connectivity index (χ4v) is 0.912. The number of hydrogen-bond acceptors (Lipinski definition) is 4. The highest BCUT2D eigenvalue weighted by molar-refractivity contribution is 6.02. The van der Waals surface area contributed by atoms with E-state index in [-0.39, 0.29) is 0 Å². The highest BCUT2D eigenvalue weighted by Crippen LogP contribution is 2.02. The minimum atomic E-state index is -0.815. The van der Waals surface area contributed by atoms with Crippen molar-refractivity contribution >= 4 is 12.0 Å². The number of hydrogen-bond donors (Lipinski definition) is 1. The number of nitrogens with zero attached hydrogens (tertiary/aromatic N) is 1. The highest BCUT2D eigenvalue weighted by atomic mass is 16.5. The molecule has 0 aromatic heterocycles. The molecule has 0 saturated heterocycles. The lowest BCUT2D eigenvalue weighted by Crippen LogP contribution is -2.30. The Balaban J connectivity index is 2.75. The smallest absolute Gasteiger partial charge is 0.413 e. The van der Waals surface area contributed by atoms with Gasteiger partial charge in [-0.3, -0.25) is 10.1 Å². The molecule has 0 aliphatic heterocycles.